The number of benzene rings is 3. The first kappa shape index (κ1) is 25.0. The van der Waals surface area contributed by atoms with Gasteiger partial charge in [-0.2, -0.15) is 5.10 Å². The van der Waals surface area contributed by atoms with Crippen molar-refractivity contribution in [3.8, 4) is 5.69 Å². The fourth-order valence-electron chi connectivity index (χ4n) is 4.25. The van der Waals surface area contributed by atoms with Crippen LogP contribution in [0.25, 0.3) is 16.5 Å². The molecule has 0 spiro atoms. The Bertz CT molecular complexity index is 1570. The number of anilines is 3. The first-order chi connectivity index (χ1) is 18.3. The minimum absolute atomic E-state index is 0.169. The maximum Gasteiger partial charge on any atom is 0.324 e. The van der Waals surface area contributed by atoms with Gasteiger partial charge in [-0.25, -0.2) is 9.48 Å². The molecule has 7 nitrogen and oxygen atoms in total. The standard InChI is InChI=1S/C31H32N6O/c1-21-11-13-23(14-12-21)37-29(18-28(36-37)31(2,3)4)35-30(38)34-27-16-15-26(24-9-5-6-10-25(24)27)33-20-22-8-7-17-32-19-22/h5-19,33H,20H2,1-4H3,(H2,34,35,38). The number of amides is 2. The van der Waals surface area contributed by atoms with Crippen molar-refractivity contribution >= 4 is 34.0 Å². The van der Waals surface area contributed by atoms with Crippen LogP contribution in [-0.2, 0) is 12.0 Å². The van der Waals surface area contributed by atoms with Gasteiger partial charge in [0.15, 0.2) is 0 Å². The smallest absolute Gasteiger partial charge is 0.324 e. The molecule has 5 aromatic rings. The van der Waals surface area contributed by atoms with Crippen molar-refractivity contribution < 1.29 is 4.79 Å². The Balaban J connectivity index is 1.39. The molecule has 3 aromatic carbocycles. The van der Waals surface area contributed by atoms with Crippen LogP contribution in [0.3, 0.4) is 0 Å². The third-order valence-corrected chi connectivity index (χ3v) is 6.38. The molecule has 2 aromatic heterocycles. The quantitative estimate of drug-likeness (QED) is 0.227. The maximum absolute atomic E-state index is 13.2. The Kier molecular flexibility index (Phi) is 6.83. The second-order valence-electron chi connectivity index (χ2n) is 10.4. The number of fused-ring (bicyclic) bond motifs is 1. The molecule has 0 bridgehead atoms. The van der Waals surface area contributed by atoms with Gasteiger partial charge < -0.3 is 10.6 Å². The zero-order chi connectivity index (χ0) is 26.7. The second-order valence-corrected chi connectivity index (χ2v) is 10.4. The van der Waals surface area contributed by atoms with E-state index in [-0.39, 0.29) is 11.4 Å². The summed E-state index contributed by atoms with van der Waals surface area (Å²) in [4.78, 5) is 17.4. The number of urea groups is 1. The summed E-state index contributed by atoms with van der Waals surface area (Å²) < 4.78 is 1.78. The fraction of sp³-hybridized carbons (Fsp3) is 0.194. The van der Waals surface area contributed by atoms with Crippen LogP contribution in [0, 0.1) is 6.92 Å². The minimum Gasteiger partial charge on any atom is -0.380 e. The number of carbonyl (C=O) groups excluding carboxylic acids is 1. The molecule has 0 saturated carbocycles. The Labute approximate surface area is 222 Å². The third kappa shape index (κ3) is 5.52. The largest absolute Gasteiger partial charge is 0.380 e. The van der Waals surface area contributed by atoms with Crippen molar-refractivity contribution in [1.82, 2.24) is 14.8 Å². The van der Waals surface area contributed by atoms with Crippen molar-refractivity contribution in [2.24, 2.45) is 0 Å². The van der Waals surface area contributed by atoms with Gasteiger partial charge in [0.2, 0.25) is 0 Å². The van der Waals surface area contributed by atoms with E-state index in [1.54, 1.807) is 10.9 Å². The van der Waals surface area contributed by atoms with Crippen molar-refractivity contribution in [2.75, 3.05) is 16.0 Å². The van der Waals surface area contributed by atoms with Gasteiger partial charge in [0.25, 0.3) is 0 Å². The summed E-state index contributed by atoms with van der Waals surface area (Å²) in [5.74, 6) is 0.607. The maximum atomic E-state index is 13.2. The van der Waals surface area contributed by atoms with Gasteiger partial charge in [0.1, 0.15) is 5.82 Å². The average molecular weight is 505 g/mol. The zero-order valence-electron chi connectivity index (χ0n) is 22.1. The van der Waals surface area contributed by atoms with E-state index in [2.05, 4.69) is 41.7 Å². The summed E-state index contributed by atoms with van der Waals surface area (Å²) in [6, 6.07) is 25.6. The van der Waals surface area contributed by atoms with E-state index in [1.807, 2.05) is 92.0 Å². The van der Waals surface area contributed by atoms with E-state index in [4.69, 9.17) is 5.10 Å². The lowest BCUT2D eigenvalue weighted by molar-refractivity contribution is 0.262. The van der Waals surface area contributed by atoms with Gasteiger partial charge in [-0.15, -0.1) is 0 Å². The molecule has 0 saturated heterocycles. The number of rotatable bonds is 6. The highest BCUT2D eigenvalue weighted by atomic mass is 16.2. The van der Waals surface area contributed by atoms with Crippen LogP contribution in [0.4, 0.5) is 22.0 Å². The highest BCUT2D eigenvalue weighted by Crippen LogP contribution is 2.31. The normalized spacial score (nSPS) is 11.4. The molecule has 0 atom stereocenters. The van der Waals surface area contributed by atoms with Crippen LogP contribution in [0.15, 0.2) is 91.3 Å². The molecule has 0 aliphatic rings. The molecule has 0 aliphatic heterocycles. The Morgan fingerprint density at radius 3 is 2.26 bits per heavy atom. The van der Waals surface area contributed by atoms with E-state index in [0.29, 0.717) is 12.4 Å². The van der Waals surface area contributed by atoms with Crippen molar-refractivity contribution in [3.63, 3.8) is 0 Å². The summed E-state index contributed by atoms with van der Waals surface area (Å²) in [7, 11) is 0. The average Bonchev–Trinajstić information content (AvgIpc) is 3.33. The van der Waals surface area contributed by atoms with Gasteiger partial charge in [-0.1, -0.05) is 68.8 Å². The van der Waals surface area contributed by atoms with Crippen molar-refractivity contribution in [2.45, 2.75) is 39.7 Å². The molecular formula is C31H32N6O. The molecular weight excluding hydrogens is 472 g/mol. The summed E-state index contributed by atoms with van der Waals surface area (Å²) in [5, 5.41) is 16.3. The van der Waals surface area contributed by atoms with Crippen LogP contribution in [0.5, 0.6) is 0 Å². The van der Waals surface area contributed by atoms with Gasteiger partial charge >= 0.3 is 6.03 Å². The molecule has 3 N–H and O–H groups in total. The van der Waals surface area contributed by atoms with Gasteiger partial charge in [-0.3, -0.25) is 10.3 Å². The minimum atomic E-state index is -0.333. The SMILES string of the molecule is Cc1ccc(-n2nc(C(C)(C)C)cc2NC(=O)Nc2ccc(NCc3cccnc3)c3ccccc23)cc1. The number of hydrogen-bond donors (Lipinski definition) is 3. The van der Waals surface area contributed by atoms with E-state index >= 15 is 0 Å². The Hall–Kier alpha value is -4.65. The molecule has 38 heavy (non-hydrogen) atoms. The topological polar surface area (TPSA) is 83.9 Å². The molecule has 2 amide bonds. The van der Waals surface area contributed by atoms with Crippen LogP contribution in [0.2, 0.25) is 0 Å². The van der Waals surface area contributed by atoms with Crippen molar-refractivity contribution in [1.29, 1.82) is 0 Å². The molecule has 0 fully saturated rings. The third-order valence-electron chi connectivity index (χ3n) is 6.38. The van der Waals surface area contributed by atoms with E-state index in [9.17, 15) is 4.79 Å². The number of nitrogens with zero attached hydrogens (tertiary/aromatic N) is 3. The number of hydrogen-bond acceptors (Lipinski definition) is 4. The molecule has 0 aliphatic carbocycles. The lowest BCUT2D eigenvalue weighted by Crippen LogP contribution is -2.21. The second kappa shape index (κ2) is 10.4. The summed E-state index contributed by atoms with van der Waals surface area (Å²) >= 11 is 0. The Morgan fingerprint density at radius 2 is 1.58 bits per heavy atom. The van der Waals surface area contributed by atoms with Gasteiger partial charge in [0.05, 0.1) is 17.1 Å². The lowest BCUT2D eigenvalue weighted by Gasteiger charge is -2.15. The molecule has 2 heterocycles. The van der Waals surface area contributed by atoms with E-state index in [1.165, 1.54) is 0 Å². The zero-order valence-corrected chi connectivity index (χ0v) is 22.1. The number of aromatic nitrogens is 3. The lowest BCUT2D eigenvalue weighted by atomic mass is 9.92. The molecule has 0 unspecified atom stereocenters. The van der Waals surface area contributed by atoms with E-state index < -0.39 is 0 Å². The number of aryl methyl sites for hydroxylation is 1. The molecule has 7 heteroatoms. The summed E-state index contributed by atoms with van der Waals surface area (Å²) in [6.45, 7) is 9.02. The number of nitrogens with one attached hydrogen (secondary N) is 3. The van der Waals surface area contributed by atoms with Crippen LogP contribution in [0.1, 0.15) is 37.6 Å². The first-order valence-electron chi connectivity index (χ1n) is 12.7. The molecule has 192 valence electrons. The fourth-order valence-corrected chi connectivity index (χ4v) is 4.25. The summed E-state index contributed by atoms with van der Waals surface area (Å²) in [6.07, 6.45) is 3.62. The highest BCUT2D eigenvalue weighted by molar-refractivity contribution is 6.09. The highest BCUT2D eigenvalue weighted by Gasteiger charge is 2.22. The van der Waals surface area contributed by atoms with Crippen LogP contribution >= 0.6 is 0 Å². The van der Waals surface area contributed by atoms with E-state index in [0.717, 1.165) is 44.7 Å². The Morgan fingerprint density at radius 1 is 0.868 bits per heavy atom. The first-order valence-corrected chi connectivity index (χ1v) is 12.7. The van der Waals surface area contributed by atoms with Gasteiger partial charge in [0, 0.05) is 46.9 Å². The van der Waals surface area contributed by atoms with Crippen molar-refractivity contribution in [3.05, 3.63) is 108 Å². The number of pyridine rings is 1. The number of carbonyl (C=O) groups is 1. The summed E-state index contributed by atoms with van der Waals surface area (Å²) in [5.41, 5.74) is 5.58. The molecule has 5 rings (SSSR count). The monoisotopic (exact) mass is 504 g/mol. The predicted molar refractivity (Wildman–Crippen MR) is 155 cm³/mol. The van der Waals surface area contributed by atoms with Crippen LogP contribution < -0.4 is 16.0 Å². The molecule has 0 radical (unpaired) electrons. The van der Waals surface area contributed by atoms with Gasteiger partial charge in [-0.05, 0) is 42.8 Å². The predicted octanol–water partition coefficient (Wildman–Crippen LogP) is 7.28. The van der Waals surface area contributed by atoms with Crippen LogP contribution in [-0.4, -0.2) is 20.8 Å².